The first-order valence-electron chi connectivity index (χ1n) is 6.31. The van der Waals surface area contributed by atoms with Crippen LogP contribution in [0.1, 0.15) is 19.4 Å². The van der Waals surface area contributed by atoms with E-state index in [9.17, 15) is 4.79 Å². The fourth-order valence-corrected chi connectivity index (χ4v) is 1.98. The number of amides is 1. The number of carbonyl (C=O) groups excluding carboxylic acids is 1. The molecule has 1 aromatic rings. The zero-order valence-electron chi connectivity index (χ0n) is 12.4. The van der Waals surface area contributed by atoms with E-state index >= 15 is 0 Å². The van der Waals surface area contributed by atoms with Crippen LogP contribution in [0, 0.1) is 0 Å². The Morgan fingerprint density at radius 3 is 2.58 bits per heavy atom. The number of hydrogen-bond acceptors (Lipinski definition) is 4. The lowest BCUT2D eigenvalue weighted by Crippen LogP contribution is -2.42. The predicted octanol–water partition coefficient (Wildman–Crippen LogP) is 1.76. The number of thioether (sulfide) groups is 1. The molecule has 5 heteroatoms. The SMILES string of the molecule is CSc1ccc(C(C)(C)C(=O)NCCN(C)C)cn1. The Labute approximate surface area is 120 Å². The average Bonchev–Trinajstić information content (AvgIpc) is 2.38. The number of pyridine rings is 1. The molecule has 1 heterocycles. The quantitative estimate of drug-likeness (QED) is 0.807. The van der Waals surface area contributed by atoms with E-state index < -0.39 is 5.41 Å². The first-order chi connectivity index (χ1) is 8.87. The Kier molecular flexibility index (Phi) is 5.82. The fraction of sp³-hybridized carbons (Fsp3) is 0.571. The van der Waals surface area contributed by atoms with Crippen LogP contribution < -0.4 is 5.32 Å². The third kappa shape index (κ3) is 4.51. The number of nitrogens with one attached hydrogen (secondary N) is 1. The van der Waals surface area contributed by atoms with E-state index in [4.69, 9.17) is 0 Å². The van der Waals surface area contributed by atoms with Gasteiger partial charge >= 0.3 is 0 Å². The molecule has 1 rings (SSSR count). The van der Waals surface area contributed by atoms with Gasteiger partial charge in [0, 0.05) is 19.3 Å². The van der Waals surface area contributed by atoms with Crippen LogP contribution in [0.2, 0.25) is 0 Å². The molecular weight excluding hydrogens is 258 g/mol. The summed E-state index contributed by atoms with van der Waals surface area (Å²) in [5.41, 5.74) is 0.378. The lowest BCUT2D eigenvalue weighted by Gasteiger charge is -2.24. The second-order valence-corrected chi connectivity index (χ2v) is 6.10. The number of aromatic nitrogens is 1. The lowest BCUT2D eigenvalue weighted by molar-refractivity contribution is -0.125. The van der Waals surface area contributed by atoms with Crippen LogP contribution in [0.25, 0.3) is 0 Å². The van der Waals surface area contributed by atoms with E-state index in [1.807, 2.05) is 51.2 Å². The van der Waals surface area contributed by atoms with Gasteiger partial charge in [0.25, 0.3) is 0 Å². The molecule has 0 aliphatic heterocycles. The first-order valence-corrected chi connectivity index (χ1v) is 7.54. The molecule has 0 aromatic carbocycles. The summed E-state index contributed by atoms with van der Waals surface area (Å²) in [6.07, 6.45) is 3.78. The summed E-state index contributed by atoms with van der Waals surface area (Å²) < 4.78 is 0. The summed E-state index contributed by atoms with van der Waals surface area (Å²) in [6, 6.07) is 3.93. The molecular formula is C14H23N3OS. The van der Waals surface area contributed by atoms with Crippen molar-refractivity contribution in [1.29, 1.82) is 0 Å². The van der Waals surface area contributed by atoms with Crippen LogP contribution in [-0.2, 0) is 10.2 Å². The second kappa shape index (κ2) is 6.91. The van der Waals surface area contributed by atoms with Gasteiger partial charge in [0.05, 0.1) is 10.4 Å². The molecule has 1 N–H and O–H groups in total. The molecule has 0 aliphatic carbocycles. The summed E-state index contributed by atoms with van der Waals surface area (Å²) in [5.74, 6) is 0.0352. The number of nitrogens with zero attached hydrogens (tertiary/aromatic N) is 2. The Hall–Kier alpha value is -1.07. The summed E-state index contributed by atoms with van der Waals surface area (Å²) in [7, 11) is 3.98. The van der Waals surface area contributed by atoms with Gasteiger partial charge in [-0.3, -0.25) is 4.79 Å². The molecule has 19 heavy (non-hydrogen) atoms. The van der Waals surface area contributed by atoms with Gasteiger partial charge in [0.2, 0.25) is 5.91 Å². The minimum Gasteiger partial charge on any atom is -0.354 e. The molecule has 0 unspecified atom stereocenters. The normalized spacial score (nSPS) is 11.7. The Morgan fingerprint density at radius 2 is 2.11 bits per heavy atom. The van der Waals surface area contributed by atoms with Gasteiger partial charge in [-0.2, -0.15) is 0 Å². The van der Waals surface area contributed by atoms with Gasteiger partial charge in [-0.1, -0.05) is 6.07 Å². The molecule has 0 bridgehead atoms. The molecule has 4 nitrogen and oxygen atoms in total. The summed E-state index contributed by atoms with van der Waals surface area (Å²) in [6.45, 7) is 5.35. The molecule has 0 saturated carbocycles. The van der Waals surface area contributed by atoms with Crippen molar-refractivity contribution in [2.24, 2.45) is 0 Å². The van der Waals surface area contributed by atoms with Crippen LogP contribution in [0.15, 0.2) is 23.4 Å². The minimum atomic E-state index is -0.559. The minimum absolute atomic E-state index is 0.0352. The van der Waals surface area contributed by atoms with Gasteiger partial charge in [-0.15, -0.1) is 11.8 Å². The van der Waals surface area contributed by atoms with E-state index in [1.165, 1.54) is 0 Å². The maximum atomic E-state index is 12.2. The molecule has 0 aliphatic rings. The third-order valence-corrected chi connectivity index (χ3v) is 3.74. The number of likely N-dealkylation sites (N-methyl/N-ethyl adjacent to an activating group) is 1. The molecule has 0 fully saturated rings. The molecule has 1 amide bonds. The Balaban J connectivity index is 2.69. The third-order valence-electron chi connectivity index (χ3n) is 3.08. The summed E-state index contributed by atoms with van der Waals surface area (Å²) in [4.78, 5) is 18.6. The van der Waals surface area contributed by atoms with Crippen molar-refractivity contribution >= 4 is 17.7 Å². The summed E-state index contributed by atoms with van der Waals surface area (Å²) >= 11 is 1.60. The van der Waals surface area contributed by atoms with E-state index in [2.05, 4.69) is 10.3 Å². The predicted molar refractivity (Wildman–Crippen MR) is 80.6 cm³/mol. The molecule has 0 spiro atoms. The first kappa shape index (κ1) is 16.0. The maximum Gasteiger partial charge on any atom is 0.230 e. The van der Waals surface area contributed by atoms with Crippen LogP contribution in [0.4, 0.5) is 0 Å². The highest BCUT2D eigenvalue weighted by molar-refractivity contribution is 7.98. The topological polar surface area (TPSA) is 45.2 Å². The average molecular weight is 281 g/mol. The number of rotatable bonds is 6. The molecule has 0 radical (unpaired) electrons. The van der Waals surface area contributed by atoms with Crippen molar-refractivity contribution in [2.45, 2.75) is 24.3 Å². The summed E-state index contributed by atoms with van der Waals surface area (Å²) in [5, 5.41) is 3.93. The van der Waals surface area contributed by atoms with Gasteiger partial charge in [-0.05, 0) is 45.8 Å². The van der Waals surface area contributed by atoms with Crippen molar-refractivity contribution in [1.82, 2.24) is 15.2 Å². The zero-order valence-corrected chi connectivity index (χ0v) is 13.2. The van der Waals surface area contributed by atoms with Crippen molar-refractivity contribution < 1.29 is 4.79 Å². The molecule has 0 atom stereocenters. The van der Waals surface area contributed by atoms with Crippen LogP contribution in [0.3, 0.4) is 0 Å². The Bertz CT molecular complexity index is 415. The second-order valence-electron chi connectivity index (χ2n) is 5.27. The fourth-order valence-electron chi connectivity index (χ4n) is 1.62. The maximum absolute atomic E-state index is 12.2. The molecule has 0 saturated heterocycles. The van der Waals surface area contributed by atoms with Crippen molar-refractivity contribution in [3.63, 3.8) is 0 Å². The van der Waals surface area contributed by atoms with Crippen LogP contribution in [0.5, 0.6) is 0 Å². The Morgan fingerprint density at radius 1 is 1.42 bits per heavy atom. The van der Waals surface area contributed by atoms with Crippen molar-refractivity contribution in [2.75, 3.05) is 33.4 Å². The number of hydrogen-bond donors (Lipinski definition) is 1. The van der Waals surface area contributed by atoms with Crippen molar-refractivity contribution in [3.8, 4) is 0 Å². The van der Waals surface area contributed by atoms with Gasteiger partial charge in [0.15, 0.2) is 0 Å². The molecule has 106 valence electrons. The highest BCUT2D eigenvalue weighted by Gasteiger charge is 2.29. The van der Waals surface area contributed by atoms with E-state index in [0.717, 1.165) is 17.1 Å². The van der Waals surface area contributed by atoms with Crippen molar-refractivity contribution in [3.05, 3.63) is 23.9 Å². The highest BCUT2D eigenvalue weighted by Crippen LogP contribution is 2.24. The lowest BCUT2D eigenvalue weighted by atomic mass is 9.85. The van der Waals surface area contributed by atoms with Gasteiger partial charge < -0.3 is 10.2 Å². The van der Waals surface area contributed by atoms with E-state index in [1.54, 1.807) is 18.0 Å². The standard InChI is InChI=1S/C14H23N3OS/c1-14(2,13(18)15-8-9-17(3)4)11-6-7-12(19-5)16-10-11/h6-7,10H,8-9H2,1-5H3,(H,15,18). The zero-order chi connectivity index (χ0) is 14.5. The molecule has 1 aromatic heterocycles. The smallest absolute Gasteiger partial charge is 0.230 e. The highest BCUT2D eigenvalue weighted by atomic mass is 32.2. The van der Waals surface area contributed by atoms with Gasteiger partial charge in [0.1, 0.15) is 0 Å². The largest absolute Gasteiger partial charge is 0.354 e. The number of carbonyl (C=O) groups is 1. The van der Waals surface area contributed by atoms with Crippen LogP contribution >= 0.6 is 11.8 Å². The van der Waals surface area contributed by atoms with E-state index in [0.29, 0.717) is 6.54 Å². The monoisotopic (exact) mass is 281 g/mol. The van der Waals surface area contributed by atoms with Gasteiger partial charge in [-0.25, -0.2) is 4.98 Å². The van der Waals surface area contributed by atoms with E-state index in [-0.39, 0.29) is 5.91 Å². The van der Waals surface area contributed by atoms with Crippen LogP contribution in [-0.4, -0.2) is 49.2 Å².